The molecule has 4 nitrogen and oxygen atoms in total. The number of hydrogen-bond acceptors (Lipinski definition) is 4. The monoisotopic (exact) mass is 266 g/mol. The van der Waals surface area contributed by atoms with E-state index in [-0.39, 0.29) is 0 Å². The van der Waals surface area contributed by atoms with Gasteiger partial charge >= 0.3 is 0 Å². The Hall–Kier alpha value is -2.02. The van der Waals surface area contributed by atoms with Crippen LogP contribution in [0.1, 0.15) is 0 Å². The second-order valence-electron chi connectivity index (χ2n) is 3.62. The molecule has 2 aromatic heterocycles. The summed E-state index contributed by atoms with van der Waals surface area (Å²) in [7, 11) is 1.71. The second-order valence-corrected chi connectivity index (χ2v) is 4.46. The molecule has 0 spiro atoms. The van der Waals surface area contributed by atoms with Crippen molar-refractivity contribution in [3.8, 4) is 11.3 Å². The Morgan fingerprint density at radius 3 is 2.89 bits per heavy atom. The molecule has 0 radical (unpaired) electrons. The lowest BCUT2D eigenvalue weighted by Gasteiger charge is -2.00. The van der Waals surface area contributed by atoms with Gasteiger partial charge in [-0.1, -0.05) is 0 Å². The molecule has 0 atom stereocenters. The Kier molecular flexibility index (Phi) is 2.48. The largest absolute Gasteiger partial charge is 0.356 e. The highest BCUT2D eigenvalue weighted by molar-refractivity contribution is 7.15. The molecule has 1 aromatic carbocycles. The predicted octanol–water partition coefficient (Wildman–Crippen LogP) is 2.78. The van der Waals surface area contributed by atoms with Gasteiger partial charge < -0.3 is 5.32 Å². The Morgan fingerprint density at radius 2 is 2.17 bits per heavy atom. The highest BCUT2D eigenvalue weighted by atomic mass is 32.1. The van der Waals surface area contributed by atoms with Crippen LogP contribution in [0.15, 0.2) is 23.6 Å². The summed E-state index contributed by atoms with van der Waals surface area (Å²) in [4.78, 5) is 4.84. The van der Waals surface area contributed by atoms with Crippen molar-refractivity contribution >= 4 is 22.2 Å². The number of fused-ring (bicyclic) bond motifs is 1. The molecule has 0 saturated heterocycles. The number of anilines is 1. The Bertz CT molecular complexity index is 719. The number of thiazole rings is 1. The van der Waals surface area contributed by atoms with Crippen molar-refractivity contribution in [2.45, 2.75) is 0 Å². The first-order valence-corrected chi connectivity index (χ1v) is 6.04. The van der Waals surface area contributed by atoms with Crippen molar-refractivity contribution in [3.63, 3.8) is 0 Å². The van der Waals surface area contributed by atoms with Crippen LogP contribution in [0.3, 0.4) is 0 Å². The first kappa shape index (κ1) is 11.1. The molecule has 0 aliphatic carbocycles. The minimum atomic E-state index is -0.615. The van der Waals surface area contributed by atoms with Gasteiger partial charge in [-0.3, -0.25) is 0 Å². The fraction of sp³-hybridized carbons (Fsp3) is 0.0909. The standard InChI is InChI=1S/C11H8F2N4S/c1-14-10-15-11-17(16-10)9(5-18-11)7-3-2-6(12)4-8(7)13/h2-5H,1H3,(H,14,16). The van der Waals surface area contributed by atoms with E-state index >= 15 is 0 Å². The molecule has 0 saturated carbocycles. The minimum Gasteiger partial charge on any atom is -0.356 e. The number of benzene rings is 1. The Morgan fingerprint density at radius 1 is 1.33 bits per heavy atom. The molecule has 3 aromatic rings. The Labute approximate surface area is 105 Å². The van der Waals surface area contributed by atoms with E-state index in [4.69, 9.17) is 0 Å². The molecule has 1 N–H and O–H groups in total. The van der Waals surface area contributed by atoms with Crippen molar-refractivity contribution in [3.05, 3.63) is 35.2 Å². The van der Waals surface area contributed by atoms with Gasteiger partial charge in [0.2, 0.25) is 10.9 Å². The lowest BCUT2D eigenvalue weighted by atomic mass is 10.1. The van der Waals surface area contributed by atoms with E-state index in [0.29, 0.717) is 22.2 Å². The van der Waals surface area contributed by atoms with Crippen LogP contribution in [-0.2, 0) is 0 Å². The molecule has 2 heterocycles. The third kappa shape index (κ3) is 1.63. The number of rotatable bonds is 2. The molecule has 0 aliphatic rings. The first-order valence-electron chi connectivity index (χ1n) is 5.16. The summed E-state index contributed by atoms with van der Waals surface area (Å²) in [5, 5.41) is 8.73. The van der Waals surface area contributed by atoms with Gasteiger partial charge in [0.05, 0.1) is 5.69 Å². The smallest absolute Gasteiger partial charge is 0.243 e. The highest BCUT2D eigenvalue weighted by Crippen LogP contribution is 2.28. The van der Waals surface area contributed by atoms with Gasteiger partial charge in [-0.2, -0.15) is 4.98 Å². The van der Waals surface area contributed by atoms with Crippen molar-refractivity contribution in [2.24, 2.45) is 0 Å². The zero-order valence-corrected chi connectivity index (χ0v) is 10.1. The summed E-state index contributed by atoms with van der Waals surface area (Å²) in [5.74, 6) is -0.751. The zero-order chi connectivity index (χ0) is 12.7. The molecule has 0 amide bonds. The van der Waals surface area contributed by atoms with E-state index < -0.39 is 11.6 Å². The number of halogens is 2. The topological polar surface area (TPSA) is 42.2 Å². The minimum absolute atomic E-state index is 0.301. The maximum absolute atomic E-state index is 13.7. The van der Waals surface area contributed by atoms with Crippen LogP contribution in [0.4, 0.5) is 14.7 Å². The normalized spacial score (nSPS) is 11.1. The molecule has 92 valence electrons. The van der Waals surface area contributed by atoms with Crippen molar-refractivity contribution in [1.82, 2.24) is 14.6 Å². The van der Waals surface area contributed by atoms with E-state index in [1.54, 1.807) is 12.4 Å². The highest BCUT2D eigenvalue weighted by Gasteiger charge is 2.14. The molecule has 18 heavy (non-hydrogen) atoms. The van der Waals surface area contributed by atoms with E-state index in [1.807, 2.05) is 0 Å². The van der Waals surface area contributed by atoms with Gasteiger partial charge in [0, 0.05) is 24.1 Å². The van der Waals surface area contributed by atoms with Crippen LogP contribution < -0.4 is 5.32 Å². The van der Waals surface area contributed by atoms with Crippen LogP contribution in [0, 0.1) is 11.6 Å². The molecular formula is C11H8F2N4S. The fourth-order valence-electron chi connectivity index (χ4n) is 1.67. The van der Waals surface area contributed by atoms with Crippen molar-refractivity contribution < 1.29 is 8.78 Å². The second kappa shape index (κ2) is 4.02. The average molecular weight is 266 g/mol. The lowest BCUT2D eigenvalue weighted by molar-refractivity contribution is 0.585. The van der Waals surface area contributed by atoms with E-state index in [9.17, 15) is 8.78 Å². The SMILES string of the molecule is CNc1nc2scc(-c3ccc(F)cc3F)n2n1. The zero-order valence-electron chi connectivity index (χ0n) is 9.32. The quantitative estimate of drug-likeness (QED) is 0.775. The number of nitrogens with zero attached hydrogens (tertiary/aromatic N) is 3. The molecular weight excluding hydrogens is 258 g/mol. The first-order chi connectivity index (χ1) is 8.69. The third-order valence-corrected chi connectivity index (χ3v) is 3.33. The van der Waals surface area contributed by atoms with Gasteiger partial charge in [0.25, 0.3) is 0 Å². The van der Waals surface area contributed by atoms with Crippen LogP contribution >= 0.6 is 11.3 Å². The summed E-state index contributed by atoms with van der Waals surface area (Å²) in [6, 6.07) is 3.47. The fourth-order valence-corrected chi connectivity index (χ4v) is 2.49. The van der Waals surface area contributed by atoms with E-state index in [1.165, 1.54) is 28.0 Å². The maximum atomic E-state index is 13.7. The van der Waals surface area contributed by atoms with Crippen LogP contribution in [0.5, 0.6) is 0 Å². The molecule has 3 rings (SSSR count). The number of hydrogen-bond donors (Lipinski definition) is 1. The van der Waals surface area contributed by atoms with Crippen molar-refractivity contribution in [1.29, 1.82) is 0 Å². The third-order valence-electron chi connectivity index (χ3n) is 2.51. The summed E-state index contributed by atoms with van der Waals surface area (Å²) in [5.41, 5.74) is 0.858. The van der Waals surface area contributed by atoms with Gasteiger partial charge in [0.1, 0.15) is 11.6 Å². The molecule has 0 unspecified atom stereocenters. The summed E-state index contributed by atoms with van der Waals surface area (Å²) >= 11 is 1.35. The molecule has 7 heteroatoms. The van der Waals surface area contributed by atoms with Gasteiger partial charge in [0.15, 0.2) is 0 Å². The molecule has 0 aliphatic heterocycles. The van der Waals surface area contributed by atoms with Gasteiger partial charge in [-0.05, 0) is 12.1 Å². The van der Waals surface area contributed by atoms with Crippen molar-refractivity contribution in [2.75, 3.05) is 12.4 Å². The molecule has 0 bridgehead atoms. The van der Waals surface area contributed by atoms with E-state index in [0.717, 1.165) is 6.07 Å². The van der Waals surface area contributed by atoms with E-state index in [2.05, 4.69) is 15.4 Å². The summed E-state index contributed by atoms with van der Waals surface area (Å²) in [6.45, 7) is 0. The maximum Gasteiger partial charge on any atom is 0.243 e. The van der Waals surface area contributed by atoms with Crippen LogP contribution in [0.2, 0.25) is 0 Å². The Balaban J connectivity index is 2.21. The number of nitrogens with one attached hydrogen (secondary N) is 1. The summed E-state index contributed by atoms with van der Waals surface area (Å²) in [6.07, 6.45) is 0. The lowest BCUT2D eigenvalue weighted by Crippen LogP contribution is -1.94. The average Bonchev–Trinajstić information content (AvgIpc) is 2.89. The molecule has 0 fully saturated rings. The summed E-state index contributed by atoms with van der Waals surface area (Å²) < 4.78 is 28.1. The van der Waals surface area contributed by atoms with Crippen LogP contribution in [-0.4, -0.2) is 21.6 Å². The van der Waals surface area contributed by atoms with Crippen LogP contribution in [0.25, 0.3) is 16.2 Å². The number of aromatic nitrogens is 3. The predicted molar refractivity (Wildman–Crippen MR) is 65.8 cm³/mol. The van der Waals surface area contributed by atoms with Gasteiger partial charge in [-0.15, -0.1) is 16.4 Å². The van der Waals surface area contributed by atoms with Gasteiger partial charge in [-0.25, -0.2) is 13.3 Å².